The Labute approximate surface area is 121 Å². The molecule has 0 aliphatic rings. The first kappa shape index (κ1) is 13.1. The van der Waals surface area contributed by atoms with E-state index in [9.17, 15) is 5.11 Å². The van der Waals surface area contributed by atoms with Crippen molar-refractivity contribution >= 4 is 22.8 Å². The molecule has 1 N–H and O–H groups in total. The molecule has 0 saturated carbocycles. The van der Waals surface area contributed by atoms with Crippen LogP contribution >= 0.6 is 11.3 Å². The van der Waals surface area contributed by atoms with Gasteiger partial charge < -0.3 is 10.0 Å². The minimum atomic E-state index is -0.0124. The van der Waals surface area contributed by atoms with Gasteiger partial charge in [0.05, 0.1) is 18.8 Å². The Morgan fingerprint density at radius 3 is 2.90 bits per heavy atom. The number of imidazole rings is 1. The number of hydrogen-bond donors (Lipinski definition) is 1. The Kier molecular flexibility index (Phi) is 3.71. The van der Waals surface area contributed by atoms with Gasteiger partial charge in [-0.25, -0.2) is 4.98 Å². The lowest BCUT2D eigenvalue weighted by Gasteiger charge is -2.20. The number of nitrogens with zero attached hydrogens (tertiary/aromatic N) is 3. The summed E-state index contributed by atoms with van der Waals surface area (Å²) < 4.78 is 1.95. The molecule has 3 aromatic heterocycles. The van der Waals surface area contributed by atoms with Crippen molar-refractivity contribution in [2.24, 2.45) is 0 Å². The molecule has 4 nitrogen and oxygen atoms in total. The van der Waals surface area contributed by atoms with Gasteiger partial charge in [0.1, 0.15) is 5.65 Å². The standard InChI is InChI=1S/C15H17N3OS/c1-2-17(10-12-6-5-9-20-12)15-13(11-19)18-8-4-3-7-14(18)16-15/h3-9,19H,2,10-11H2,1H3. The van der Waals surface area contributed by atoms with E-state index in [0.717, 1.165) is 30.2 Å². The zero-order valence-corrected chi connectivity index (χ0v) is 12.2. The van der Waals surface area contributed by atoms with Crippen molar-refractivity contribution in [1.29, 1.82) is 0 Å². The molecule has 20 heavy (non-hydrogen) atoms. The third-order valence-corrected chi connectivity index (χ3v) is 4.23. The number of hydrogen-bond acceptors (Lipinski definition) is 4. The molecule has 5 heteroatoms. The van der Waals surface area contributed by atoms with Crippen molar-refractivity contribution in [2.45, 2.75) is 20.1 Å². The van der Waals surface area contributed by atoms with E-state index in [4.69, 9.17) is 0 Å². The molecule has 3 rings (SSSR count). The van der Waals surface area contributed by atoms with Crippen molar-refractivity contribution in [1.82, 2.24) is 9.38 Å². The highest BCUT2D eigenvalue weighted by atomic mass is 32.1. The van der Waals surface area contributed by atoms with Gasteiger partial charge >= 0.3 is 0 Å². The zero-order chi connectivity index (χ0) is 13.9. The van der Waals surface area contributed by atoms with Crippen LogP contribution < -0.4 is 4.90 Å². The summed E-state index contributed by atoms with van der Waals surface area (Å²) in [6.45, 7) is 3.78. The number of aliphatic hydroxyl groups is 1. The number of aromatic nitrogens is 2. The molecule has 0 fully saturated rings. The van der Waals surface area contributed by atoms with Crippen molar-refractivity contribution in [3.63, 3.8) is 0 Å². The molecule has 0 aromatic carbocycles. The van der Waals surface area contributed by atoms with Crippen molar-refractivity contribution in [2.75, 3.05) is 11.4 Å². The lowest BCUT2D eigenvalue weighted by Crippen LogP contribution is -2.23. The second-order valence-corrected chi connectivity index (χ2v) is 5.59. The quantitative estimate of drug-likeness (QED) is 0.784. The third kappa shape index (κ3) is 2.30. The Hall–Kier alpha value is -1.85. The van der Waals surface area contributed by atoms with Gasteiger partial charge in [-0.05, 0) is 30.5 Å². The summed E-state index contributed by atoms with van der Waals surface area (Å²) in [6, 6.07) is 10.1. The fourth-order valence-electron chi connectivity index (χ4n) is 2.36. The maximum atomic E-state index is 9.69. The van der Waals surface area contributed by atoms with Gasteiger partial charge in [0.25, 0.3) is 0 Å². The number of rotatable bonds is 5. The van der Waals surface area contributed by atoms with Crippen LogP contribution in [-0.2, 0) is 13.2 Å². The van der Waals surface area contributed by atoms with Crippen LogP contribution in [0, 0.1) is 0 Å². The molecule has 0 saturated heterocycles. The Morgan fingerprint density at radius 1 is 1.30 bits per heavy atom. The predicted octanol–water partition coefficient (Wildman–Crippen LogP) is 2.91. The SMILES string of the molecule is CCN(Cc1cccs1)c1nc2ccccn2c1CO. The molecule has 0 aliphatic heterocycles. The Balaban J connectivity index is 2.02. The molecular weight excluding hydrogens is 270 g/mol. The summed E-state index contributed by atoms with van der Waals surface area (Å²) in [5, 5.41) is 11.8. The number of anilines is 1. The molecule has 3 aromatic rings. The molecule has 0 bridgehead atoms. The highest BCUT2D eigenvalue weighted by Gasteiger charge is 2.17. The first-order valence-electron chi connectivity index (χ1n) is 6.67. The van der Waals surface area contributed by atoms with Crippen LogP contribution in [-0.4, -0.2) is 21.0 Å². The van der Waals surface area contributed by atoms with Crippen molar-refractivity contribution < 1.29 is 5.11 Å². The predicted molar refractivity (Wildman–Crippen MR) is 82.2 cm³/mol. The Morgan fingerprint density at radius 2 is 2.20 bits per heavy atom. The number of thiophene rings is 1. The highest BCUT2D eigenvalue weighted by molar-refractivity contribution is 7.09. The number of aliphatic hydroxyl groups excluding tert-OH is 1. The van der Waals surface area contributed by atoms with E-state index in [1.54, 1.807) is 11.3 Å². The fourth-order valence-corrected chi connectivity index (χ4v) is 3.08. The van der Waals surface area contributed by atoms with Crippen LogP contribution in [0.5, 0.6) is 0 Å². The van der Waals surface area contributed by atoms with Gasteiger partial charge in [0.2, 0.25) is 0 Å². The van der Waals surface area contributed by atoms with Crippen LogP contribution in [0.1, 0.15) is 17.5 Å². The minimum absolute atomic E-state index is 0.0124. The van der Waals surface area contributed by atoms with E-state index in [0.29, 0.717) is 0 Å². The van der Waals surface area contributed by atoms with E-state index < -0.39 is 0 Å². The molecule has 0 radical (unpaired) electrons. The number of fused-ring (bicyclic) bond motifs is 1. The molecule has 0 spiro atoms. The van der Waals surface area contributed by atoms with E-state index in [2.05, 4.69) is 34.3 Å². The molecular formula is C15H17N3OS. The van der Waals surface area contributed by atoms with Gasteiger partial charge in [0, 0.05) is 17.6 Å². The summed E-state index contributed by atoms with van der Waals surface area (Å²) >= 11 is 1.74. The summed E-state index contributed by atoms with van der Waals surface area (Å²) in [7, 11) is 0. The largest absolute Gasteiger partial charge is 0.390 e. The third-order valence-electron chi connectivity index (χ3n) is 3.37. The van der Waals surface area contributed by atoms with Gasteiger partial charge in [-0.15, -0.1) is 11.3 Å². The normalized spacial score (nSPS) is 11.1. The summed E-state index contributed by atoms with van der Waals surface area (Å²) in [5.41, 5.74) is 1.72. The first-order chi connectivity index (χ1) is 9.83. The van der Waals surface area contributed by atoms with Crippen LogP contribution in [0.2, 0.25) is 0 Å². The molecule has 0 aliphatic carbocycles. The topological polar surface area (TPSA) is 40.8 Å². The molecule has 0 amide bonds. The number of pyridine rings is 1. The van der Waals surface area contributed by atoms with E-state index in [-0.39, 0.29) is 6.61 Å². The second kappa shape index (κ2) is 5.64. The molecule has 104 valence electrons. The average molecular weight is 287 g/mol. The summed E-state index contributed by atoms with van der Waals surface area (Å²) in [5.74, 6) is 0.870. The van der Waals surface area contributed by atoms with Crippen molar-refractivity contribution in [3.05, 3.63) is 52.5 Å². The Bertz CT molecular complexity index is 690. The smallest absolute Gasteiger partial charge is 0.153 e. The van der Waals surface area contributed by atoms with Gasteiger partial charge in [-0.3, -0.25) is 4.40 Å². The van der Waals surface area contributed by atoms with E-state index in [1.807, 2.05) is 28.8 Å². The van der Waals surface area contributed by atoms with E-state index >= 15 is 0 Å². The van der Waals surface area contributed by atoms with Gasteiger partial charge in [-0.1, -0.05) is 12.1 Å². The van der Waals surface area contributed by atoms with Gasteiger partial charge in [0.15, 0.2) is 5.82 Å². The maximum Gasteiger partial charge on any atom is 0.153 e. The van der Waals surface area contributed by atoms with Crippen molar-refractivity contribution in [3.8, 4) is 0 Å². The van der Waals surface area contributed by atoms with E-state index in [1.165, 1.54) is 4.88 Å². The molecule has 0 unspecified atom stereocenters. The summed E-state index contributed by atoms with van der Waals surface area (Å²) in [4.78, 5) is 8.17. The molecule has 0 atom stereocenters. The fraction of sp³-hybridized carbons (Fsp3) is 0.267. The molecule has 3 heterocycles. The average Bonchev–Trinajstić information content (AvgIpc) is 3.11. The van der Waals surface area contributed by atoms with Crippen LogP contribution in [0.15, 0.2) is 41.9 Å². The minimum Gasteiger partial charge on any atom is -0.390 e. The highest BCUT2D eigenvalue weighted by Crippen LogP contribution is 2.24. The lowest BCUT2D eigenvalue weighted by molar-refractivity contribution is 0.276. The van der Waals surface area contributed by atoms with Crippen LogP contribution in [0.3, 0.4) is 0 Å². The lowest BCUT2D eigenvalue weighted by atomic mass is 10.3. The van der Waals surface area contributed by atoms with Gasteiger partial charge in [-0.2, -0.15) is 0 Å². The second-order valence-electron chi connectivity index (χ2n) is 4.56. The monoisotopic (exact) mass is 287 g/mol. The first-order valence-corrected chi connectivity index (χ1v) is 7.55. The maximum absolute atomic E-state index is 9.69. The zero-order valence-electron chi connectivity index (χ0n) is 11.4. The van der Waals surface area contributed by atoms with Crippen LogP contribution in [0.25, 0.3) is 5.65 Å². The summed E-state index contributed by atoms with van der Waals surface area (Å²) in [6.07, 6.45) is 1.94. The van der Waals surface area contributed by atoms with Crippen LogP contribution in [0.4, 0.5) is 5.82 Å².